The summed E-state index contributed by atoms with van der Waals surface area (Å²) in [6.07, 6.45) is 0. The van der Waals surface area contributed by atoms with Crippen molar-refractivity contribution in [2.45, 2.75) is 13.2 Å². The van der Waals surface area contributed by atoms with Crippen molar-refractivity contribution in [3.63, 3.8) is 0 Å². The van der Waals surface area contributed by atoms with Crippen LogP contribution in [0.2, 0.25) is 5.02 Å². The number of benzene rings is 3. The molecular formula is C23H21ClN4O2S. The lowest BCUT2D eigenvalue weighted by Gasteiger charge is -2.12. The van der Waals surface area contributed by atoms with Gasteiger partial charge in [-0.05, 0) is 59.7 Å². The summed E-state index contributed by atoms with van der Waals surface area (Å²) in [7, 11) is 1.63. The molecule has 0 aliphatic rings. The first-order valence-corrected chi connectivity index (χ1v) is 10.4. The van der Waals surface area contributed by atoms with E-state index in [0.717, 1.165) is 28.2 Å². The predicted molar refractivity (Wildman–Crippen MR) is 125 cm³/mol. The first kappa shape index (κ1) is 21.0. The molecule has 0 saturated carbocycles. The molecule has 8 heteroatoms. The fourth-order valence-electron chi connectivity index (χ4n) is 3.07. The maximum absolute atomic E-state index is 5.92. The average Bonchev–Trinajstić information content (AvgIpc) is 3.18. The summed E-state index contributed by atoms with van der Waals surface area (Å²) in [5.41, 5.74) is 6.30. The van der Waals surface area contributed by atoms with Gasteiger partial charge in [0.1, 0.15) is 18.1 Å². The molecule has 0 amide bonds. The van der Waals surface area contributed by atoms with Gasteiger partial charge in [0.25, 0.3) is 0 Å². The van der Waals surface area contributed by atoms with Gasteiger partial charge in [-0.1, -0.05) is 48.0 Å². The van der Waals surface area contributed by atoms with E-state index in [1.807, 2.05) is 72.8 Å². The summed E-state index contributed by atoms with van der Waals surface area (Å²) in [4.78, 5) is 0. The van der Waals surface area contributed by atoms with Crippen LogP contribution in [-0.4, -0.2) is 22.0 Å². The molecule has 3 aromatic carbocycles. The highest BCUT2D eigenvalue weighted by molar-refractivity contribution is 7.71. The van der Waals surface area contributed by atoms with Crippen LogP contribution in [0.4, 0.5) is 0 Å². The van der Waals surface area contributed by atoms with Gasteiger partial charge < -0.3 is 14.9 Å². The van der Waals surface area contributed by atoms with Crippen LogP contribution in [0, 0.1) is 4.77 Å². The summed E-state index contributed by atoms with van der Waals surface area (Å²) in [6.45, 7) is 1.05. The number of halogens is 1. The second-order valence-electron chi connectivity index (χ2n) is 6.78. The number of rotatable bonds is 8. The number of nitrogens with one attached hydrogen (secondary N) is 2. The monoisotopic (exact) mass is 452 g/mol. The molecule has 1 aromatic heterocycles. The Balaban J connectivity index is 1.41. The molecule has 0 aliphatic carbocycles. The number of hydrogen-bond acceptors (Lipinski definition) is 5. The molecule has 0 radical (unpaired) electrons. The second kappa shape index (κ2) is 9.68. The Bertz CT molecular complexity index is 1200. The molecular weight excluding hydrogens is 432 g/mol. The molecule has 0 atom stereocenters. The smallest absolute Gasteiger partial charge is 0.214 e. The van der Waals surface area contributed by atoms with Crippen LogP contribution in [0.3, 0.4) is 0 Å². The largest absolute Gasteiger partial charge is 0.496 e. The third-order valence-corrected chi connectivity index (χ3v) is 5.23. The van der Waals surface area contributed by atoms with Crippen LogP contribution in [0.15, 0.2) is 72.8 Å². The summed E-state index contributed by atoms with van der Waals surface area (Å²) in [5, 5.41) is 7.91. The fraction of sp³-hybridized carbons (Fsp3) is 0.130. The molecule has 0 bridgehead atoms. The van der Waals surface area contributed by atoms with E-state index in [1.165, 1.54) is 0 Å². The molecule has 4 rings (SSSR count). The van der Waals surface area contributed by atoms with E-state index in [1.54, 1.807) is 11.8 Å². The zero-order valence-electron chi connectivity index (χ0n) is 16.8. The van der Waals surface area contributed by atoms with Gasteiger partial charge >= 0.3 is 0 Å². The van der Waals surface area contributed by atoms with Gasteiger partial charge in [-0.25, -0.2) is 9.77 Å². The third-order valence-electron chi connectivity index (χ3n) is 4.70. The molecule has 0 unspecified atom stereocenters. The molecule has 0 fully saturated rings. The van der Waals surface area contributed by atoms with E-state index in [2.05, 4.69) is 15.6 Å². The Labute approximate surface area is 190 Å². The normalized spacial score (nSPS) is 10.6. The van der Waals surface area contributed by atoms with Gasteiger partial charge in [-0.15, -0.1) is 0 Å². The lowest BCUT2D eigenvalue weighted by Crippen LogP contribution is -2.16. The highest BCUT2D eigenvalue weighted by atomic mass is 35.5. The quantitative estimate of drug-likeness (QED) is 0.341. The van der Waals surface area contributed by atoms with Crippen molar-refractivity contribution in [3.05, 3.63) is 93.7 Å². The van der Waals surface area contributed by atoms with Crippen LogP contribution >= 0.6 is 23.8 Å². The topological polar surface area (TPSA) is 64.1 Å². The van der Waals surface area contributed by atoms with Crippen molar-refractivity contribution in [2.24, 2.45) is 0 Å². The Morgan fingerprint density at radius 3 is 2.45 bits per heavy atom. The molecule has 2 N–H and O–H groups in total. The molecule has 0 saturated heterocycles. The zero-order chi connectivity index (χ0) is 21.6. The van der Waals surface area contributed by atoms with Crippen LogP contribution in [0.1, 0.15) is 11.1 Å². The molecule has 6 nitrogen and oxygen atoms in total. The minimum atomic E-state index is 0.476. The zero-order valence-corrected chi connectivity index (χ0v) is 18.4. The molecule has 158 valence electrons. The Morgan fingerprint density at radius 2 is 1.71 bits per heavy atom. The lowest BCUT2D eigenvalue weighted by molar-refractivity contribution is 0.306. The number of methoxy groups -OCH3 is 1. The van der Waals surface area contributed by atoms with Gasteiger partial charge in [0, 0.05) is 5.02 Å². The van der Waals surface area contributed by atoms with E-state index >= 15 is 0 Å². The van der Waals surface area contributed by atoms with Gasteiger partial charge in [0.2, 0.25) is 4.77 Å². The van der Waals surface area contributed by atoms with Gasteiger partial charge in [-0.2, -0.15) is 5.10 Å². The second-order valence-corrected chi connectivity index (χ2v) is 7.61. The fourth-order valence-corrected chi connectivity index (χ4v) is 3.40. The standard InChI is InChI=1S/C23H21ClN4O2S/c1-29-21-5-3-2-4-20(21)22-26-27-23(31)28(22)25-14-16-8-12-19(13-9-16)30-15-17-6-10-18(24)11-7-17/h2-13,25H,14-15H2,1H3,(H,27,31). The summed E-state index contributed by atoms with van der Waals surface area (Å²) in [5.74, 6) is 2.18. The summed E-state index contributed by atoms with van der Waals surface area (Å²) in [6, 6.07) is 23.2. The van der Waals surface area contributed by atoms with Crippen molar-refractivity contribution in [3.8, 4) is 22.9 Å². The molecule has 4 aromatic rings. The number of aromatic amines is 1. The SMILES string of the molecule is COc1ccccc1-c1n[nH]c(=S)n1NCc1ccc(OCc2ccc(Cl)cc2)cc1. The van der Waals surface area contributed by atoms with Crippen molar-refractivity contribution >= 4 is 23.8 Å². The van der Waals surface area contributed by atoms with Crippen LogP contribution in [0.5, 0.6) is 11.5 Å². The van der Waals surface area contributed by atoms with E-state index in [9.17, 15) is 0 Å². The Morgan fingerprint density at radius 1 is 1.00 bits per heavy atom. The van der Waals surface area contributed by atoms with E-state index in [0.29, 0.717) is 28.8 Å². The number of para-hydroxylation sites is 1. The molecule has 0 spiro atoms. The Kier molecular flexibility index (Phi) is 6.54. The highest BCUT2D eigenvalue weighted by Crippen LogP contribution is 2.27. The van der Waals surface area contributed by atoms with Crippen molar-refractivity contribution < 1.29 is 9.47 Å². The number of nitrogens with zero attached hydrogens (tertiary/aromatic N) is 2. The van der Waals surface area contributed by atoms with Crippen LogP contribution in [0.25, 0.3) is 11.4 Å². The van der Waals surface area contributed by atoms with E-state index in [4.69, 9.17) is 33.3 Å². The molecule has 1 heterocycles. The minimum absolute atomic E-state index is 0.476. The highest BCUT2D eigenvalue weighted by Gasteiger charge is 2.13. The van der Waals surface area contributed by atoms with Gasteiger partial charge in [0.05, 0.1) is 19.2 Å². The average molecular weight is 453 g/mol. The summed E-state index contributed by atoms with van der Waals surface area (Å²) >= 11 is 11.3. The first-order valence-electron chi connectivity index (χ1n) is 9.65. The van der Waals surface area contributed by atoms with Gasteiger partial charge in [-0.3, -0.25) is 0 Å². The maximum atomic E-state index is 5.92. The van der Waals surface area contributed by atoms with Crippen molar-refractivity contribution in [1.82, 2.24) is 14.9 Å². The number of H-pyrrole nitrogens is 1. The predicted octanol–water partition coefficient (Wildman–Crippen LogP) is 5.59. The summed E-state index contributed by atoms with van der Waals surface area (Å²) < 4.78 is 13.5. The molecule has 31 heavy (non-hydrogen) atoms. The van der Waals surface area contributed by atoms with Crippen LogP contribution in [-0.2, 0) is 13.2 Å². The number of ether oxygens (including phenoxy) is 2. The minimum Gasteiger partial charge on any atom is -0.496 e. The number of aromatic nitrogens is 3. The lowest BCUT2D eigenvalue weighted by atomic mass is 10.2. The molecule has 0 aliphatic heterocycles. The van der Waals surface area contributed by atoms with Crippen LogP contribution < -0.4 is 14.9 Å². The number of hydrogen-bond donors (Lipinski definition) is 2. The van der Waals surface area contributed by atoms with Gasteiger partial charge in [0.15, 0.2) is 5.82 Å². The van der Waals surface area contributed by atoms with Crippen molar-refractivity contribution in [1.29, 1.82) is 0 Å². The van der Waals surface area contributed by atoms with E-state index < -0.39 is 0 Å². The third kappa shape index (κ3) is 5.07. The first-order chi connectivity index (χ1) is 15.1. The maximum Gasteiger partial charge on any atom is 0.214 e. The van der Waals surface area contributed by atoms with Crippen molar-refractivity contribution in [2.75, 3.05) is 12.5 Å². The Hall–Kier alpha value is -3.29. The van der Waals surface area contributed by atoms with E-state index in [-0.39, 0.29) is 0 Å².